The monoisotopic (exact) mass is 295 g/mol. The van der Waals surface area contributed by atoms with E-state index < -0.39 is 5.82 Å². The van der Waals surface area contributed by atoms with Gasteiger partial charge in [-0.3, -0.25) is 9.69 Å². The van der Waals surface area contributed by atoms with Gasteiger partial charge in [-0.1, -0.05) is 12.1 Å². The number of rotatable bonds is 4. The average Bonchev–Trinajstić information content (AvgIpc) is 2.39. The Kier molecular flexibility index (Phi) is 4.92. The number of carbonyl (C=O) groups is 1. The van der Waals surface area contributed by atoms with Crippen LogP contribution >= 0.6 is 0 Å². The number of ether oxygens (including phenoxy) is 1. The van der Waals surface area contributed by atoms with E-state index >= 15 is 0 Å². The Labute approximate surface area is 124 Å². The van der Waals surface area contributed by atoms with Gasteiger partial charge in [0.15, 0.2) is 0 Å². The van der Waals surface area contributed by atoms with Gasteiger partial charge in [0.1, 0.15) is 5.82 Å². The summed E-state index contributed by atoms with van der Waals surface area (Å²) in [6.07, 6.45) is -0.0880. The molecule has 2 rings (SSSR count). The summed E-state index contributed by atoms with van der Waals surface area (Å²) in [6, 6.07) is 6.12. The minimum atomic E-state index is -0.437. The topological polar surface area (TPSA) is 67.6 Å². The minimum absolute atomic E-state index is 0.0880. The number of carbonyl (C=O) groups excluding carboxylic acids is 1. The third-order valence-electron chi connectivity index (χ3n) is 3.33. The summed E-state index contributed by atoms with van der Waals surface area (Å²) < 4.78 is 19.3. The highest BCUT2D eigenvalue weighted by atomic mass is 19.1. The van der Waals surface area contributed by atoms with Crippen molar-refractivity contribution in [3.63, 3.8) is 0 Å². The number of hydrogen-bond acceptors (Lipinski definition) is 4. The maximum absolute atomic E-state index is 13.5. The number of halogens is 1. The summed E-state index contributed by atoms with van der Waals surface area (Å²) in [5.41, 5.74) is 5.51. The zero-order valence-electron chi connectivity index (χ0n) is 12.4. The molecule has 0 spiro atoms. The molecule has 0 radical (unpaired) electrons. The minimum Gasteiger partial charge on any atom is -0.368 e. The number of benzene rings is 1. The van der Waals surface area contributed by atoms with E-state index in [2.05, 4.69) is 5.32 Å². The van der Waals surface area contributed by atoms with Gasteiger partial charge in [0.2, 0.25) is 5.91 Å². The van der Waals surface area contributed by atoms with E-state index in [1.807, 2.05) is 18.7 Å². The molecule has 1 saturated heterocycles. The maximum atomic E-state index is 13.5. The summed E-state index contributed by atoms with van der Waals surface area (Å²) in [5.74, 6) is -0.679. The van der Waals surface area contributed by atoms with Crippen molar-refractivity contribution in [1.29, 1.82) is 0 Å². The number of morpholine rings is 1. The molecule has 0 aliphatic carbocycles. The highest BCUT2D eigenvalue weighted by Gasteiger charge is 2.33. The van der Waals surface area contributed by atoms with Crippen molar-refractivity contribution in [1.82, 2.24) is 4.90 Å². The first kappa shape index (κ1) is 15.9. The molecule has 1 unspecified atom stereocenters. The van der Waals surface area contributed by atoms with Gasteiger partial charge in [0.05, 0.1) is 23.9 Å². The second-order valence-corrected chi connectivity index (χ2v) is 5.93. The van der Waals surface area contributed by atoms with Crippen LogP contribution in [0.15, 0.2) is 24.3 Å². The van der Waals surface area contributed by atoms with Crippen LogP contribution in [0.4, 0.5) is 10.1 Å². The first-order chi connectivity index (χ1) is 9.89. The van der Waals surface area contributed by atoms with Crippen molar-refractivity contribution >= 4 is 11.6 Å². The molecule has 1 amide bonds. The van der Waals surface area contributed by atoms with E-state index in [1.54, 1.807) is 18.2 Å². The van der Waals surface area contributed by atoms with Gasteiger partial charge in [-0.15, -0.1) is 0 Å². The third kappa shape index (κ3) is 4.49. The highest BCUT2D eigenvalue weighted by molar-refractivity contribution is 5.92. The number of nitrogens with one attached hydrogen (secondary N) is 1. The van der Waals surface area contributed by atoms with Gasteiger partial charge in [-0.05, 0) is 26.0 Å². The lowest BCUT2D eigenvalue weighted by molar-refractivity contribution is -0.138. The number of anilines is 1. The Balaban J connectivity index is 1.94. The lowest BCUT2D eigenvalue weighted by Crippen LogP contribution is -2.56. The van der Waals surface area contributed by atoms with Crippen molar-refractivity contribution in [2.75, 3.05) is 31.5 Å². The van der Waals surface area contributed by atoms with Crippen LogP contribution in [0, 0.1) is 5.82 Å². The van der Waals surface area contributed by atoms with Gasteiger partial charge in [-0.2, -0.15) is 0 Å². The van der Waals surface area contributed by atoms with Crippen molar-refractivity contribution in [2.24, 2.45) is 5.73 Å². The van der Waals surface area contributed by atoms with Gasteiger partial charge in [0.25, 0.3) is 0 Å². The maximum Gasteiger partial charge on any atom is 0.238 e. The van der Waals surface area contributed by atoms with Crippen LogP contribution in [-0.2, 0) is 9.53 Å². The number of para-hydroxylation sites is 1. The van der Waals surface area contributed by atoms with Crippen LogP contribution < -0.4 is 11.1 Å². The molecule has 1 aliphatic rings. The van der Waals surface area contributed by atoms with Crippen molar-refractivity contribution in [2.45, 2.75) is 25.6 Å². The van der Waals surface area contributed by atoms with Crippen LogP contribution in [0.5, 0.6) is 0 Å². The molecule has 1 heterocycles. The first-order valence-corrected chi connectivity index (χ1v) is 7.04. The van der Waals surface area contributed by atoms with Crippen LogP contribution in [0.1, 0.15) is 13.8 Å². The van der Waals surface area contributed by atoms with Crippen molar-refractivity contribution < 1.29 is 13.9 Å². The fourth-order valence-electron chi connectivity index (χ4n) is 2.62. The molecular formula is C15H22FN3O2. The summed E-state index contributed by atoms with van der Waals surface area (Å²) in [6.45, 7) is 5.78. The van der Waals surface area contributed by atoms with Gasteiger partial charge < -0.3 is 15.8 Å². The molecule has 0 aromatic heterocycles. The normalized spacial score (nSPS) is 22.0. The summed E-state index contributed by atoms with van der Waals surface area (Å²) in [4.78, 5) is 14.0. The fourth-order valence-corrected chi connectivity index (χ4v) is 2.62. The van der Waals surface area contributed by atoms with Crippen LogP contribution in [0.3, 0.4) is 0 Å². The van der Waals surface area contributed by atoms with E-state index in [-0.39, 0.29) is 29.8 Å². The fraction of sp³-hybridized carbons (Fsp3) is 0.533. The Morgan fingerprint density at radius 2 is 2.24 bits per heavy atom. The smallest absolute Gasteiger partial charge is 0.238 e. The van der Waals surface area contributed by atoms with E-state index in [9.17, 15) is 9.18 Å². The zero-order chi connectivity index (χ0) is 15.5. The lowest BCUT2D eigenvalue weighted by Gasteiger charge is -2.42. The Morgan fingerprint density at radius 1 is 1.52 bits per heavy atom. The average molecular weight is 295 g/mol. The zero-order valence-corrected chi connectivity index (χ0v) is 12.4. The van der Waals surface area contributed by atoms with Crippen LogP contribution in [-0.4, -0.2) is 48.7 Å². The molecule has 0 bridgehead atoms. The molecule has 0 saturated carbocycles. The quantitative estimate of drug-likeness (QED) is 0.876. The largest absolute Gasteiger partial charge is 0.368 e. The van der Waals surface area contributed by atoms with E-state index in [0.29, 0.717) is 19.6 Å². The molecule has 1 aliphatic heterocycles. The Morgan fingerprint density at radius 3 is 2.90 bits per heavy atom. The summed E-state index contributed by atoms with van der Waals surface area (Å²) >= 11 is 0. The van der Waals surface area contributed by atoms with E-state index in [4.69, 9.17) is 10.5 Å². The standard InChI is InChI=1S/C15H22FN3O2/c1-15(2)10-19(8-11(7-17)21-15)9-14(20)18-13-6-4-3-5-12(13)16/h3-6,11H,7-10,17H2,1-2H3,(H,18,20). The molecule has 21 heavy (non-hydrogen) atoms. The van der Waals surface area contributed by atoms with E-state index in [1.165, 1.54) is 6.07 Å². The molecular weight excluding hydrogens is 273 g/mol. The van der Waals surface area contributed by atoms with Gasteiger partial charge >= 0.3 is 0 Å². The number of hydrogen-bond donors (Lipinski definition) is 2. The third-order valence-corrected chi connectivity index (χ3v) is 3.33. The molecule has 1 aromatic carbocycles. The van der Waals surface area contributed by atoms with Gasteiger partial charge in [0, 0.05) is 19.6 Å². The number of nitrogens with two attached hydrogens (primary N) is 1. The predicted molar refractivity (Wildman–Crippen MR) is 79.5 cm³/mol. The highest BCUT2D eigenvalue weighted by Crippen LogP contribution is 2.20. The molecule has 116 valence electrons. The summed E-state index contributed by atoms with van der Waals surface area (Å²) in [5, 5.41) is 2.59. The summed E-state index contributed by atoms with van der Waals surface area (Å²) in [7, 11) is 0. The van der Waals surface area contributed by atoms with Crippen molar-refractivity contribution in [3.8, 4) is 0 Å². The molecule has 1 atom stereocenters. The lowest BCUT2D eigenvalue weighted by atomic mass is 10.1. The SMILES string of the molecule is CC1(C)CN(CC(=O)Nc2ccccc2F)CC(CN)O1. The molecule has 3 N–H and O–H groups in total. The number of nitrogens with zero attached hydrogens (tertiary/aromatic N) is 1. The molecule has 1 aromatic rings. The van der Waals surface area contributed by atoms with E-state index in [0.717, 1.165) is 0 Å². The first-order valence-electron chi connectivity index (χ1n) is 7.04. The number of amides is 1. The second kappa shape index (κ2) is 6.51. The molecule has 1 fully saturated rings. The molecule has 5 nitrogen and oxygen atoms in total. The Hall–Kier alpha value is -1.50. The molecule has 6 heteroatoms. The van der Waals surface area contributed by atoms with Crippen LogP contribution in [0.2, 0.25) is 0 Å². The predicted octanol–water partition coefficient (Wildman–Crippen LogP) is 1.20. The van der Waals surface area contributed by atoms with Gasteiger partial charge in [-0.25, -0.2) is 4.39 Å². The Bertz CT molecular complexity index is 507. The van der Waals surface area contributed by atoms with Crippen molar-refractivity contribution in [3.05, 3.63) is 30.1 Å². The second-order valence-electron chi connectivity index (χ2n) is 5.93. The van der Waals surface area contributed by atoms with Crippen LogP contribution in [0.25, 0.3) is 0 Å².